The molecular weight excluding hydrogens is 226 g/mol. The first-order valence-corrected chi connectivity index (χ1v) is 7.58. The Hall–Kier alpha value is -0.170. The minimum absolute atomic E-state index is 0.0562. The summed E-state index contributed by atoms with van der Waals surface area (Å²) >= 11 is 0. The van der Waals surface area contributed by atoms with Crippen LogP contribution in [-0.2, 0) is 10.0 Å². The van der Waals surface area contributed by atoms with Gasteiger partial charge in [-0.1, -0.05) is 12.8 Å². The van der Waals surface area contributed by atoms with E-state index in [1.165, 1.54) is 0 Å². The van der Waals surface area contributed by atoms with Crippen LogP contribution in [0.3, 0.4) is 0 Å². The Morgan fingerprint density at radius 3 is 2.62 bits per heavy atom. The van der Waals surface area contributed by atoms with Crippen LogP contribution >= 0.6 is 0 Å². The average molecular weight is 247 g/mol. The molecule has 0 aromatic rings. The highest BCUT2D eigenvalue weighted by Gasteiger charge is 2.38. The predicted molar refractivity (Wildman–Crippen MR) is 63.6 cm³/mol. The lowest BCUT2D eigenvalue weighted by molar-refractivity contribution is 0.269. The van der Waals surface area contributed by atoms with Crippen LogP contribution in [0, 0.1) is 0 Å². The minimum Gasteiger partial charge on any atom is -0.329 e. The molecule has 0 aromatic carbocycles. The summed E-state index contributed by atoms with van der Waals surface area (Å²) in [5, 5.41) is 3.04. The number of nitrogens with zero attached hydrogens (tertiary/aromatic N) is 1. The van der Waals surface area contributed by atoms with Crippen molar-refractivity contribution in [2.75, 3.05) is 26.2 Å². The molecule has 5 nitrogen and oxygen atoms in total. The molecule has 1 saturated carbocycles. The van der Waals surface area contributed by atoms with Crippen LogP contribution in [0.15, 0.2) is 0 Å². The molecule has 1 aliphatic carbocycles. The maximum atomic E-state index is 12.4. The first-order valence-electron chi connectivity index (χ1n) is 6.07. The lowest BCUT2D eigenvalue weighted by Gasteiger charge is -2.36. The van der Waals surface area contributed by atoms with Gasteiger partial charge >= 0.3 is 0 Å². The molecule has 1 unspecified atom stereocenters. The van der Waals surface area contributed by atoms with Crippen molar-refractivity contribution < 1.29 is 8.42 Å². The molecule has 16 heavy (non-hydrogen) atoms. The van der Waals surface area contributed by atoms with Crippen molar-refractivity contribution in [3.05, 3.63) is 0 Å². The van der Waals surface area contributed by atoms with E-state index in [0.717, 1.165) is 32.2 Å². The smallest absolute Gasteiger partial charge is 0.217 e. The standard InChI is InChI=1S/C10H21N3O2S/c11-7-9-8-12-5-6-13(9)16(14,15)10-3-1-2-4-10/h9-10,12H,1-8,11H2. The molecular formula is C10H21N3O2S. The van der Waals surface area contributed by atoms with E-state index < -0.39 is 10.0 Å². The van der Waals surface area contributed by atoms with Crippen molar-refractivity contribution in [2.45, 2.75) is 37.0 Å². The first-order chi connectivity index (χ1) is 7.66. The molecule has 6 heteroatoms. The zero-order valence-electron chi connectivity index (χ0n) is 9.56. The van der Waals surface area contributed by atoms with Gasteiger partial charge in [0.1, 0.15) is 0 Å². The van der Waals surface area contributed by atoms with Gasteiger partial charge in [0.2, 0.25) is 10.0 Å². The molecule has 0 spiro atoms. The molecule has 2 rings (SSSR count). The maximum Gasteiger partial charge on any atom is 0.217 e. The monoisotopic (exact) mass is 247 g/mol. The predicted octanol–water partition coefficient (Wildman–Crippen LogP) is -0.509. The summed E-state index contributed by atoms with van der Waals surface area (Å²) < 4.78 is 26.4. The van der Waals surface area contributed by atoms with E-state index in [1.807, 2.05) is 0 Å². The van der Waals surface area contributed by atoms with Gasteiger partial charge in [-0.2, -0.15) is 4.31 Å². The normalized spacial score (nSPS) is 29.7. The average Bonchev–Trinajstić information content (AvgIpc) is 2.83. The highest BCUT2D eigenvalue weighted by molar-refractivity contribution is 7.89. The number of hydrogen-bond acceptors (Lipinski definition) is 4. The largest absolute Gasteiger partial charge is 0.329 e. The number of piperazine rings is 1. The first kappa shape index (κ1) is 12.3. The van der Waals surface area contributed by atoms with Gasteiger partial charge in [-0.15, -0.1) is 0 Å². The van der Waals surface area contributed by atoms with Crippen LogP contribution in [0.4, 0.5) is 0 Å². The minimum atomic E-state index is -3.11. The Balaban J connectivity index is 2.13. The second-order valence-electron chi connectivity index (χ2n) is 4.66. The third-order valence-electron chi connectivity index (χ3n) is 3.62. The Bertz CT molecular complexity index is 325. The van der Waals surface area contributed by atoms with Crippen molar-refractivity contribution in [1.29, 1.82) is 0 Å². The van der Waals surface area contributed by atoms with Crippen molar-refractivity contribution >= 4 is 10.0 Å². The summed E-state index contributed by atoms with van der Waals surface area (Å²) in [6.45, 7) is 2.39. The van der Waals surface area contributed by atoms with E-state index in [4.69, 9.17) is 5.73 Å². The highest BCUT2D eigenvalue weighted by Crippen LogP contribution is 2.28. The third-order valence-corrected chi connectivity index (χ3v) is 6.07. The molecule has 1 heterocycles. The molecule has 1 aliphatic heterocycles. The number of sulfonamides is 1. The van der Waals surface area contributed by atoms with E-state index in [2.05, 4.69) is 5.32 Å². The van der Waals surface area contributed by atoms with E-state index in [9.17, 15) is 8.42 Å². The van der Waals surface area contributed by atoms with Crippen LogP contribution in [0.1, 0.15) is 25.7 Å². The molecule has 94 valence electrons. The number of hydrogen-bond donors (Lipinski definition) is 2. The molecule has 0 amide bonds. The third kappa shape index (κ3) is 2.25. The van der Waals surface area contributed by atoms with Crippen molar-refractivity contribution in [3.63, 3.8) is 0 Å². The van der Waals surface area contributed by atoms with Gasteiger partial charge in [0.15, 0.2) is 0 Å². The van der Waals surface area contributed by atoms with Crippen LogP contribution in [0.5, 0.6) is 0 Å². The van der Waals surface area contributed by atoms with E-state index >= 15 is 0 Å². The van der Waals surface area contributed by atoms with Gasteiger partial charge < -0.3 is 11.1 Å². The molecule has 1 saturated heterocycles. The second kappa shape index (κ2) is 5.00. The highest BCUT2D eigenvalue weighted by atomic mass is 32.2. The molecule has 2 aliphatic rings. The topological polar surface area (TPSA) is 75.4 Å². The maximum absolute atomic E-state index is 12.4. The fourth-order valence-electron chi connectivity index (χ4n) is 2.66. The van der Waals surface area contributed by atoms with Gasteiger partial charge in [0.25, 0.3) is 0 Å². The Kier molecular flexibility index (Phi) is 3.84. The SMILES string of the molecule is NCC1CNCCN1S(=O)(=O)C1CCCC1. The van der Waals surface area contributed by atoms with Crippen molar-refractivity contribution in [2.24, 2.45) is 5.73 Å². The van der Waals surface area contributed by atoms with Crippen LogP contribution in [0.25, 0.3) is 0 Å². The second-order valence-corrected chi connectivity index (χ2v) is 6.82. The van der Waals surface area contributed by atoms with Crippen LogP contribution in [-0.4, -0.2) is 50.2 Å². The van der Waals surface area contributed by atoms with Gasteiger partial charge in [-0.3, -0.25) is 0 Å². The summed E-state index contributed by atoms with van der Waals surface area (Å²) in [7, 11) is -3.11. The van der Waals surface area contributed by atoms with E-state index in [1.54, 1.807) is 4.31 Å². The van der Waals surface area contributed by atoms with Crippen LogP contribution < -0.4 is 11.1 Å². The Labute approximate surface area is 97.4 Å². The number of nitrogens with one attached hydrogen (secondary N) is 1. The lowest BCUT2D eigenvalue weighted by atomic mass is 10.2. The van der Waals surface area contributed by atoms with E-state index in [0.29, 0.717) is 19.6 Å². The lowest BCUT2D eigenvalue weighted by Crippen LogP contribution is -2.57. The van der Waals surface area contributed by atoms with Gasteiger partial charge in [-0.25, -0.2) is 8.42 Å². The fraction of sp³-hybridized carbons (Fsp3) is 1.00. The molecule has 2 fully saturated rings. The van der Waals surface area contributed by atoms with Gasteiger partial charge in [-0.05, 0) is 12.8 Å². The van der Waals surface area contributed by atoms with Gasteiger partial charge in [0, 0.05) is 32.2 Å². The van der Waals surface area contributed by atoms with Gasteiger partial charge in [0.05, 0.1) is 5.25 Å². The zero-order chi connectivity index (χ0) is 11.6. The molecule has 0 radical (unpaired) electrons. The fourth-order valence-corrected chi connectivity index (χ4v) is 4.89. The summed E-state index contributed by atoms with van der Waals surface area (Å²) in [4.78, 5) is 0. The van der Waals surface area contributed by atoms with Crippen molar-refractivity contribution in [3.8, 4) is 0 Å². The summed E-state index contributed by atoms with van der Waals surface area (Å²) in [6.07, 6.45) is 3.74. The summed E-state index contributed by atoms with van der Waals surface area (Å²) in [5.41, 5.74) is 5.64. The van der Waals surface area contributed by atoms with Crippen molar-refractivity contribution in [1.82, 2.24) is 9.62 Å². The molecule has 0 aromatic heterocycles. The number of rotatable bonds is 3. The molecule has 1 atom stereocenters. The Morgan fingerprint density at radius 2 is 2.00 bits per heavy atom. The number of nitrogens with two attached hydrogens (primary N) is 1. The zero-order valence-corrected chi connectivity index (χ0v) is 10.4. The van der Waals surface area contributed by atoms with Crippen LogP contribution in [0.2, 0.25) is 0 Å². The summed E-state index contributed by atoms with van der Waals surface area (Å²) in [6, 6.07) is -0.0562. The molecule has 3 N–H and O–H groups in total. The Morgan fingerprint density at radius 1 is 1.31 bits per heavy atom. The van der Waals surface area contributed by atoms with E-state index in [-0.39, 0.29) is 11.3 Å². The molecule has 0 bridgehead atoms. The summed E-state index contributed by atoms with van der Waals surface area (Å²) in [5.74, 6) is 0. The quantitative estimate of drug-likeness (QED) is 0.704.